The molecule has 1 heterocycles. The number of ketones is 1. The molecule has 0 bridgehead atoms. The third-order valence-corrected chi connectivity index (χ3v) is 3.00. The first-order valence-electron chi connectivity index (χ1n) is 5.06. The number of halogens is 1. The molecule has 0 unspecified atom stereocenters. The number of hydrogen-bond donors (Lipinski definition) is 1. The fraction of sp³-hybridized carbons (Fsp3) is 0.167. The molecule has 0 amide bonds. The lowest BCUT2D eigenvalue weighted by Crippen LogP contribution is -2.12. The lowest BCUT2D eigenvalue weighted by Gasteiger charge is -2.05. The number of fused-ring (bicyclic) bond motifs is 1. The minimum atomic E-state index is -1.51. The Balaban J connectivity index is 2.88. The minimum absolute atomic E-state index is 0.0688. The molecule has 0 spiro atoms. The minimum Gasteiger partial charge on any atom is -0.496 e. The normalized spacial score (nSPS) is 10.6. The molecule has 94 valence electrons. The molecule has 18 heavy (non-hydrogen) atoms. The summed E-state index contributed by atoms with van der Waals surface area (Å²) in [6.07, 6.45) is 1.44. The van der Waals surface area contributed by atoms with Crippen LogP contribution in [0.1, 0.15) is 10.4 Å². The van der Waals surface area contributed by atoms with E-state index >= 15 is 0 Å². The fourth-order valence-corrected chi connectivity index (χ4v) is 2.22. The van der Waals surface area contributed by atoms with E-state index in [9.17, 15) is 9.59 Å². The highest BCUT2D eigenvalue weighted by molar-refractivity contribution is 6.43. The van der Waals surface area contributed by atoms with Crippen molar-refractivity contribution in [2.75, 3.05) is 7.11 Å². The highest BCUT2D eigenvalue weighted by atomic mass is 35.5. The van der Waals surface area contributed by atoms with Gasteiger partial charge in [-0.25, -0.2) is 4.79 Å². The first-order chi connectivity index (χ1) is 8.47. The van der Waals surface area contributed by atoms with Gasteiger partial charge in [-0.2, -0.15) is 0 Å². The van der Waals surface area contributed by atoms with Gasteiger partial charge < -0.3 is 14.4 Å². The van der Waals surface area contributed by atoms with Gasteiger partial charge in [-0.15, -0.1) is 0 Å². The number of aliphatic carboxylic acids is 1. The van der Waals surface area contributed by atoms with Gasteiger partial charge in [-0.1, -0.05) is 11.6 Å². The molecule has 0 aliphatic heterocycles. The van der Waals surface area contributed by atoms with Crippen LogP contribution in [-0.4, -0.2) is 28.5 Å². The first kappa shape index (κ1) is 12.4. The number of carbonyl (C=O) groups excluding carboxylic acids is 1. The summed E-state index contributed by atoms with van der Waals surface area (Å²) in [7, 11) is 3.14. The van der Waals surface area contributed by atoms with Crippen LogP contribution in [0.5, 0.6) is 5.75 Å². The van der Waals surface area contributed by atoms with E-state index in [1.807, 2.05) is 0 Å². The zero-order valence-corrected chi connectivity index (χ0v) is 10.5. The van der Waals surface area contributed by atoms with E-state index in [-0.39, 0.29) is 5.56 Å². The van der Waals surface area contributed by atoms with Gasteiger partial charge in [0.1, 0.15) is 5.75 Å². The smallest absolute Gasteiger partial charge is 0.377 e. The fourth-order valence-electron chi connectivity index (χ4n) is 1.93. The van der Waals surface area contributed by atoms with Gasteiger partial charge in [0.05, 0.1) is 28.6 Å². The summed E-state index contributed by atoms with van der Waals surface area (Å²) in [4.78, 5) is 22.4. The van der Waals surface area contributed by atoms with Crippen LogP contribution in [0, 0.1) is 0 Å². The predicted molar refractivity (Wildman–Crippen MR) is 66.4 cm³/mol. The highest BCUT2D eigenvalue weighted by Gasteiger charge is 2.23. The summed E-state index contributed by atoms with van der Waals surface area (Å²) in [6, 6.07) is 3.24. The maximum absolute atomic E-state index is 11.6. The zero-order valence-electron chi connectivity index (χ0n) is 9.73. The molecule has 2 aromatic rings. The zero-order chi connectivity index (χ0) is 13.4. The average Bonchev–Trinajstić information content (AvgIpc) is 2.68. The molecule has 1 aromatic heterocycles. The number of aryl methyl sites for hydroxylation is 1. The van der Waals surface area contributed by atoms with E-state index in [0.717, 1.165) is 0 Å². The summed E-state index contributed by atoms with van der Waals surface area (Å²) < 4.78 is 6.76. The monoisotopic (exact) mass is 267 g/mol. The van der Waals surface area contributed by atoms with Gasteiger partial charge in [-0.05, 0) is 12.1 Å². The van der Waals surface area contributed by atoms with Gasteiger partial charge in [0, 0.05) is 13.2 Å². The molecule has 0 fully saturated rings. The van der Waals surface area contributed by atoms with Gasteiger partial charge in [-0.3, -0.25) is 4.79 Å². The lowest BCUT2D eigenvalue weighted by atomic mass is 10.1. The molecule has 1 aromatic carbocycles. The third-order valence-electron chi connectivity index (χ3n) is 2.69. The lowest BCUT2D eigenvalue weighted by molar-refractivity contribution is -0.131. The van der Waals surface area contributed by atoms with Crippen LogP contribution in [0.15, 0.2) is 18.3 Å². The quantitative estimate of drug-likeness (QED) is 0.683. The second-order valence-electron chi connectivity index (χ2n) is 3.76. The number of carbonyl (C=O) groups is 2. The van der Waals surface area contributed by atoms with Crippen molar-refractivity contribution < 1.29 is 19.4 Å². The summed E-state index contributed by atoms with van der Waals surface area (Å²) in [5.41, 5.74) is 0.639. The van der Waals surface area contributed by atoms with Crippen LogP contribution in [0.2, 0.25) is 5.02 Å². The largest absolute Gasteiger partial charge is 0.496 e. The van der Waals surface area contributed by atoms with Crippen LogP contribution in [0.25, 0.3) is 10.9 Å². The molecule has 0 atom stereocenters. The molecule has 2 rings (SSSR count). The Kier molecular flexibility index (Phi) is 3.00. The van der Waals surface area contributed by atoms with E-state index in [4.69, 9.17) is 21.4 Å². The summed E-state index contributed by atoms with van der Waals surface area (Å²) in [5.74, 6) is -2.08. The van der Waals surface area contributed by atoms with Crippen LogP contribution >= 0.6 is 11.6 Å². The Morgan fingerprint density at radius 3 is 2.61 bits per heavy atom. The number of rotatable bonds is 3. The van der Waals surface area contributed by atoms with Crippen molar-refractivity contribution in [3.8, 4) is 5.75 Å². The number of Topliss-reactive ketones (excluding diaryl/α,β-unsaturated/α-hetero) is 1. The van der Waals surface area contributed by atoms with Crippen molar-refractivity contribution >= 4 is 34.3 Å². The van der Waals surface area contributed by atoms with Crippen molar-refractivity contribution in [2.45, 2.75) is 0 Å². The summed E-state index contributed by atoms with van der Waals surface area (Å²) in [5, 5.41) is 9.65. The first-order valence-corrected chi connectivity index (χ1v) is 5.44. The topological polar surface area (TPSA) is 68.5 Å². The second kappa shape index (κ2) is 4.34. The summed E-state index contributed by atoms with van der Waals surface area (Å²) in [6.45, 7) is 0. The molecule has 0 saturated carbocycles. The average molecular weight is 268 g/mol. The van der Waals surface area contributed by atoms with Crippen LogP contribution < -0.4 is 4.74 Å². The molecular formula is C12H10ClNO4. The Morgan fingerprint density at radius 1 is 1.39 bits per heavy atom. The van der Waals surface area contributed by atoms with Crippen molar-refractivity contribution in [3.63, 3.8) is 0 Å². The van der Waals surface area contributed by atoms with Crippen molar-refractivity contribution in [3.05, 3.63) is 28.9 Å². The number of benzene rings is 1. The van der Waals surface area contributed by atoms with E-state index in [2.05, 4.69) is 0 Å². The number of aromatic nitrogens is 1. The van der Waals surface area contributed by atoms with Crippen LogP contribution in [0.4, 0.5) is 0 Å². The van der Waals surface area contributed by atoms with Gasteiger partial charge in [0.2, 0.25) is 0 Å². The predicted octanol–water partition coefficient (Wildman–Crippen LogP) is 2.11. The van der Waals surface area contributed by atoms with Crippen molar-refractivity contribution in [1.82, 2.24) is 4.57 Å². The maximum Gasteiger partial charge on any atom is 0.377 e. The van der Waals surface area contributed by atoms with Gasteiger partial charge >= 0.3 is 5.97 Å². The van der Waals surface area contributed by atoms with Crippen molar-refractivity contribution in [2.24, 2.45) is 7.05 Å². The Bertz CT molecular complexity index is 660. The standard InChI is InChI=1S/C12H10ClNO4/c1-14-5-6(11(15)12(16)17)9-8(18-2)4-3-7(13)10(9)14/h3-5H,1-2H3,(H,16,17). The van der Waals surface area contributed by atoms with E-state index in [1.165, 1.54) is 13.3 Å². The number of methoxy groups -OCH3 is 1. The maximum atomic E-state index is 11.6. The molecule has 5 nitrogen and oxygen atoms in total. The third kappa shape index (κ3) is 1.73. The van der Waals surface area contributed by atoms with Gasteiger partial charge in [0.15, 0.2) is 0 Å². The number of nitrogens with zero attached hydrogens (tertiary/aromatic N) is 1. The molecule has 0 aliphatic carbocycles. The Morgan fingerprint density at radius 2 is 2.06 bits per heavy atom. The van der Waals surface area contributed by atoms with E-state index in [1.54, 1.807) is 23.7 Å². The SMILES string of the molecule is COc1ccc(Cl)c2c1c(C(=O)C(=O)O)cn2C. The Labute approximate surface area is 108 Å². The number of carboxylic acids is 1. The molecule has 0 radical (unpaired) electrons. The molecular weight excluding hydrogens is 258 g/mol. The molecule has 1 N–H and O–H groups in total. The van der Waals surface area contributed by atoms with Crippen molar-refractivity contribution in [1.29, 1.82) is 0 Å². The summed E-state index contributed by atoms with van der Waals surface area (Å²) >= 11 is 6.05. The van der Waals surface area contributed by atoms with Crippen LogP contribution in [-0.2, 0) is 11.8 Å². The number of hydrogen-bond acceptors (Lipinski definition) is 3. The highest BCUT2D eigenvalue weighted by Crippen LogP contribution is 2.35. The molecule has 6 heteroatoms. The number of carboxylic acid groups (broad SMARTS) is 1. The number of ether oxygens (including phenoxy) is 1. The molecule has 0 aliphatic rings. The Hall–Kier alpha value is -2.01. The van der Waals surface area contributed by atoms with Gasteiger partial charge in [0.25, 0.3) is 5.78 Å². The van der Waals surface area contributed by atoms with Crippen LogP contribution in [0.3, 0.4) is 0 Å². The van der Waals surface area contributed by atoms with E-state index < -0.39 is 11.8 Å². The molecule has 0 saturated heterocycles. The second-order valence-corrected chi connectivity index (χ2v) is 4.17. The van der Waals surface area contributed by atoms with E-state index in [0.29, 0.717) is 21.7 Å².